The van der Waals surface area contributed by atoms with E-state index >= 15 is 0 Å². The van der Waals surface area contributed by atoms with Crippen LogP contribution in [-0.4, -0.2) is 47.0 Å². The zero-order valence-electron chi connectivity index (χ0n) is 11.0. The molecule has 0 saturated carbocycles. The predicted octanol–water partition coefficient (Wildman–Crippen LogP) is 0.119. The number of benzene rings is 1. The topological polar surface area (TPSA) is 84.9 Å². The van der Waals surface area contributed by atoms with Crippen LogP contribution in [-0.2, 0) is 26.1 Å². The first-order valence-corrected chi connectivity index (χ1v) is 7.23. The molecule has 0 radical (unpaired) electrons. The molecule has 1 atom stereocenters. The molecule has 1 aromatic rings. The SMILES string of the molecule is COCC(CNS(=O)(=O)c1ccc(CO)cc1)OC. The molecule has 0 aliphatic carbocycles. The number of hydrogen-bond acceptors (Lipinski definition) is 5. The van der Waals surface area contributed by atoms with Crippen LogP contribution < -0.4 is 4.72 Å². The van der Waals surface area contributed by atoms with Crippen molar-refractivity contribution in [2.24, 2.45) is 0 Å². The average Bonchev–Trinajstić information content (AvgIpc) is 2.43. The molecule has 2 N–H and O–H groups in total. The van der Waals surface area contributed by atoms with Gasteiger partial charge < -0.3 is 14.6 Å². The van der Waals surface area contributed by atoms with E-state index in [4.69, 9.17) is 14.6 Å². The fraction of sp³-hybridized carbons (Fsp3) is 0.500. The molecule has 108 valence electrons. The largest absolute Gasteiger partial charge is 0.392 e. The Hall–Kier alpha value is -0.990. The van der Waals surface area contributed by atoms with E-state index in [9.17, 15) is 8.42 Å². The van der Waals surface area contributed by atoms with Crippen LogP contribution >= 0.6 is 0 Å². The zero-order chi connectivity index (χ0) is 14.3. The highest BCUT2D eigenvalue weighted by atomic mass is 32.2. The Bertz CT molecular complexity index is 471. The number of sulfonamides is 1. The van der Waals surface area contributed by atoms with Gasteiger partial charge in [0.25, 0.3) is 0 Å². The molecule has 0 aliphatic heterocycles. The van der Waals surface area contributed by atoms with E-state index in [-0.39, 0.29) is 24.2 Å². The van der Waals surface area contributed by atoms with Crippen LogP contribution in [0.3, 0.4) is 0 Å². The van der Waals surface area contributed by atoms with Gasteiger partial charge in [-0.2, -0.15) is 0 Å². The van der Waals surface area contributed by atoms with Gasteiger partial charge in [-0.3, -0.25) is 0 Å². The molecule has 0 aromatic heterocycles. The van der Waals surface area contributed by atoms with E-state index in [2.05, 4.69) is 4.72 Å². The lowest BCUT2D eigenvalue weighted by Gasteiger charge is -2.15. The van der Waals surface area contributed by atoms with E-state index in [0.717, 1.165) is 0 Å². The molecule has 6 nitrogen and oxygen atoms in total. The maximum absolute atomic E-state index is 12.0. The van der Waals surface area contributed by atoms with Gasteiger partial charge in [-0.05, 0) is 17.7 Å². The second-order valence-electron chi connectivity index (χ2n) is 3.97. The number of rotatable bonds is 8. The first kappa shape index (κ1) is 16.1. The van der Waals surface area contributed by atoms with Gasteiger partial charge in [-0.1, -0.05) is 12.1 Å². The Morgan fingerprint density at radius 1 is 1.26 bits per heavy atom. The fourth-order valence-corrected chi connectivity index (χ4v) is 2.52. The lowest BCUT2D eigenvalue weighted by Crippen LogP contribution is -2.35. The molecule has 0 aliphatic rings. The van der Waals surface area contributed by atoms with Gasteiger partial charge >= 0.3 is 0 Å². The second kappa shape index (κ2) is 7.56. The van der Waals surface area contributed by atoms with E-state index in [1.165, 1.54) is 26.4 Å². The highest BCUT2D eigenvalue weighted by Gasteiger charge is 2.16. The van der Waals surface area contributed by atoms with E-state index < -0.39 is 10.0 Å². The monoisotopic (exact) mass is 289 g/mol. The Morgan fingerprint density at radius 3 is 2.37 bits per heavy atom. The Morgan fingerprint density at radius 2 is 1.89 bits per heavy atom. The van der Waals surface area contributed by atoms with Crippen molar-refractivity contribution in [2.75, 3.05) is 27.4 Å². The summed E-state index contributed by atoms with van der Waals surface area (Å²) in [6.45, 7) is 0.324. The van der Waals surface area contributed by atoms with Gasteiger partial charge in [0.1, 0.15) is 0 Å². The maximum Gasteiger partial charge on any atom is 0.240 e. The first-order valence-electron chi connectivity index (χ1n) is 5.74. The molecule has 0 saturated heterocycles. The molecule has 1 unspecified atom stereocenters. The lowest BCUT2D eigenvalue weighted by molar-refractivity contribution is 0.0320. The number of aliphatic hydroxyl groups is 1. The Labute approximate surface area is 113 Å². The smallest absolute Gasteiger partial charge is 0.240 e. The van der Waals surface area contributed by atoms with Crippen LogP contribution in [0.15, 0.2) is 29.2 Å². The molecule has 7 heteroatoms. The first-order chi connectivity index (χ1) is 9.03. The summed E-state index contributed by atoms with van der Waals surface area (Å²) < 4.78 is 36.4. The minimum absolute atomic E-state index is 0.118. The summed E-state index contributed by atoms with van der Waals surface area (Å²) in [5.74, 6) is 0. The third kappa shape index (κ3) is 4.88. The van der Waals surface area contributed by atoms with Crippen molar-refractivity contribution in [1.29, 1.82) is 0 Å². The number of aliphatic hydroxyl groups excluding tert-OH is 1. The van der Waals surface area contributed by atoms with Crippen molar-refractivity contribution in [3.8, 4) is 0 Å². The summed E-state index contributed by atoms with van der Waals surface area (Å²) in [6, 6.07) is 6.03. The van der Waals surface area contributed by atoms with Crippen molar-refractivity contribution in [3.05, 3.63) is 29.8 Å². The van der Waals surface area contributed by atoms with Crippen LogP contribution in [0, 0.1) is 0 Å². The minimum Gasteiger partial charge on any atom is -0.392 e. The normalized spacial score (nSPS) is 13.4. The molecule has 0 heterocycles. The molecule has 1 rings (SSSR count). The predicted molar refractivity (Wildman–Crippen MR) is 70.2 cm³/mol. The number of methoxy groups -OCH3 is 2. The summed E-state index contributed by atoms with van der Waals surface area (Å²) in [6.07, 6.45) is -0.337. The molecule has 19 heavy (non-hydrogen) atoms. The summed E-state index contributed by atoms with van der Waals surface area (Å²) in [5, 5.41) is 8.90. The molecular formula is C12H19NO5S. The van der Waals surface area contributed by atoms with Gasteiger partial charge in [-0.25, -0.2) is 13.1 Å². The Balaban J connectivity index is 2.69. The quantitative estimate of drug-likeness (QED) is 0.710. The van der Waals surface area contributed by atoms with Crippen LogP contribution in [0.1, 0.15) is 5.56 Å². The van der Waals surface area contributed by atoms with E-state index in [0.29, 0.717) is 12.2 Å². The summed E-state index contributed by atoms with van der Waals surface area (Å²) in [5.41, 5.74) is 0.660. The van der Waals surface area contributed by atoms with Gasteiger partial charge in [-0.15, -0.1) is 0 Å². The van der Waals surface area contributed by atoms with Gasteiger partial charge in [0.2, 0.25) is 10.0 Å². The summed E-state index contributed by atoms with van der Waals surface area (Å²) >= 11 is 0. The van der Waals surface area contributed by atoms with Crippen molar-refractivity contribution in [3.63, 3.8) is 0 Å². The van der Waals surface area contributed by atoms with E-state index in [1.54, 1.807) is 12.1 Å². The molecule has 0 spiro atoms. The standard InChI is InChI=1S/C12H19NO5S/c1-17-9-11(18-2)7-13-19(15,16)12-5-3-10(8-14)4-6-12/h3-6,11,13-14H,7-9H2,1-2H3. The summed E-state index contributed by atoms with van der Waals surface area (Å²) in [7, 11) is -0.560. The molecular weight excluding hydrogens is 270 g/mol. The number of nitrogens with one attached hydrogen (secondary N) is 1. The van der Waals surface area contributed by atoms with Crippen molar-refractivity contribution in [2.45, 2.75) is 17.6 Å². The van der Waals surface area contributed by atoms with Crippen LogP contribution in [0.5, 0.6) is 0 Å². The van der Waals surface area contributed by atoms with Gasteiger partial charge in [0.05, 0.1) is 24.2 Å². The minimum atomic E-state index is -3.58. The average molecular weight is 289 g/mol. The highest BCUT2D eigenvalue weighted by Crippen LogP contribution is 2.10. The summed E-state index contributed by atoms with van der Waals surface area (Å²) in [4.78, 5) is 0.150. The fourth-order valence-electron chi connectivity index (χ4n) is 1.46. The highest BCUT2D eigenvalue weighted by molar-refractivity contribution is 7.89. The van der Waals surface area contributed by atoms with Crippen molar-refractivity contribution in [1.82, 2.24) is 4.72 Å². The lowest BCUT2D eigenvalue weighted by atomic mass is 10.2. The third-order valence-corrected chi connectivity index (χ3v) is 4.04. The van der Waals surface area contributed by atoms with E-state index in [1.807, 2.05) is 0 Å². The molecule has 0 amide bonds. The number of hydrogen-bond donors (Lipinski definition) is 2. The van der Waals surface area contributed by atoms with Crippen molar-refractivity contribution < 1.29 is 23.0 Å². The molecule has 0 bridgehead atoms. The van der Waals surface area contributed by atoms with Crippen LogP contribution in [0.25, 0.3) is 0 Å². The number of ether oxygens (including phenoxy) is 2. The van der Waals surface area contributed by atoms with Crippen molar-refractivity contribution >= 4 is 10.0 Å². The van der Waals surface area contributed by atoms with Gasteiger partial charge in [0, 0.05) is 20.8 Å². The molecule has 0 fully saturated rings. The maximum atomic E-state index is 12.0. The third-order valence-electron chi connectivity index (χ3n) is 2.60. The van der Waals surface area contributed by atoms with Crippen LogP contribution in [0.4, 0.5) is 0 Å². The second-order valence-corrected chi connectivity index (χ2v) is 5.73. The zero-order valence-corrected chi connectivity index (χ0v) is 11.8. The molecule has 1 aromatic carbocycles. The van der Waals surface area contributed by atoms with Crippen LogP contribution in [0.2, 0.25) is 0 Å². The van der Waals surface area contributed by atoms with Gasteiger partial charge in [0.15, 0.2) is 0 Å². The Kier molecular flexibility index (Phi) is 6.40.